The lowest BCUT2D eigenvalue weighted by molar-refractivity contribution is -0.113. The first kappa shape index (κ1) is 16.0. The van der Waals surface area contributed by atoms with E-state index in [1.165, 1.54) is 11.8 Å². The number of nitrogens with one attached hydrogen (secondary N) is 1. The van der Waals surface area contributed by atoms with Gasteiger partial charge in [-0.2, -0.15) is 0 Å². The van der Waals surface area contributed by atoms with Gasteiger partial charge < -0.3 is 5.32 Å². The normalized spacial score (nSPS) is 11.1. The molecule has 0 atom stereocenters. The minimum atomic E-state index is -0.103. The van der Waals surface area contributed by atoms with E-state index >= 15 is 0 Å². The van der Waals surface area contributed by atoms with Gasteiger partial charge in [-0.25, -0.2) is 14.5 Å². The fraction of sp³-hybridized carbons (Fsp3) is 0.0588. The number of aromatic nitrogens is 4. The molecule has 2 heterocycles. The first-order chi connectivity index (χ1) is 12.2. The Hall–Kier alpha value is -2.45. The monoisotopic (exact) mass is 413 g/mol. The molecule has 1 amide bonds. The number of fused-ring (bicyclic) bond motifs is 3. The van der Waals surface area contributed by atoms with E-state index in [-0.39, 0.29) is 11.7 Å². The topological polar surface area (TPSA) is 72.2 Å². The van der Waals surface area contributed by atoms with Crippen molar-refractivity contribution in [3.63, 3.8) is 0 Å². The number of hydrogen-bond donors (Lipinski definition) is 1. The third-order valence-electron chi connectivity index (χ3n) is 3.52. The Kier molecular flexibility index (Phi) is 4.37. The van der Waals surface area contributed by atoms with Gasteiger partial charge in [0, 0.05) is 15.5 Å². The van der Waals surface area contributed by atoms with Crippen LogP contribution in [-0.4, -0.2) is 31.2 Å². The van der Waals surface area contributed by atoms with Gasteiger partial charge in [-0.05, 0) is 36.4 Å². The Labute approximate surface area is 155 Å². The van der Waals surface area contributed by atoms with Crippen LogP contribution in [0.15, 0.2) is 64.5 Å². The number of benzene rings is 2. The highest BCUT2D eigenvalue weighted by molar-refractivity contribution is 9.10. The second-order valence-corrected chi connectivity index (χ2v) is 7.13. The van der Waals surface area contributed by atoms with Crippen molar-refractivity contribution < 1.29 is 4.79 Å². The first-order valence-corrected chi connectivity index (χ1v) is 9.25. The fourth-order valence-corrected chi connectivity index (χ4v) is 3.27. The second-order valence-electron chi connectivity index (χ2n) is 5.27. The molecule has 4 rings (SSSR count). The summed E-state index contributed by atoms with van der Waals surface area (Å²) in [5.74, 6) is 0.132. The van der Waals surface area contributed by atoms with Crippen LogP contribution in [0.3, 0.4) is 0 Å². The quantitative estimate of drug-likeness (QED) is 0.515. The molecule has 0 saturated carbocycles. The first-order valence-electron chi connectivity index (χ1n) is 7.47. The highest BCUT2D eigenvalue weighted by Crippen LogP contribution is 2.20. The van der Waals surface area contributed by atoms with E-state index in [9.17, 15) is 4.79 Å². The number of carbonyl (C=O) groups excluding carboxylic acids is 1. The Morgan fingerprint density at radius 3 is 2.80 bits per heavy atom. The van der Waals surface area contributed by atoms with Gasteiger partial charge in [0.25, 0.3) is 0 Å². The summed E-state index contributed by atoms with van der Waals surface area (Å²) in [5, 5.41) is 8.70. The smallest absolute Gasteiger partial charge is 0.234 e. The molecule has 0 bridgehead atoms. The molecule has 6 nitrogen and oxygen atoms in total. The van der Waals surface area contributed by atoms with E-state index < -0.39 is 0 Å². The molecular weight excluding hydrogens is 402 g/mol. The molecule has 8 heteroatoms. The summed E-state index contributed by atoms with van der Waals surface area (Å²) in [7, 11) is 0. The van der Waals surface area contributed by atoms with E-state index in [0.717, 1.165) is 26.7 Å². The van der Waals surface area contributed by atoms with Crippen LogP contribution >= 0.6 is 27.7 Å². The van der Waals surface area contributed by atoms with Gasteiger partial charge in [0.05, 0.1) is 11.3 Å². The third kappa shape index (κ3) is 3.49. The lowest BCUT2D eigenvalue weighted by Gasteiger charge is -2.03. The molecule has 25 heavy (non-hydrogen) atoms. The predicted octanol–water partition coefficient (Wildman–Crippen LogP) is 3.77. The maximum atomic E-state index is 12.1. The van der Waals surface area contributed by atoms with Crippen LogP contribution in [0, 0.1) is 0 Å². The lowest BCUT2D eigenvalue weighted by atomic mass is 10.2. The molecule has 0 aliphatic carbocycles. The molecule has 2 aromatic carbocycles. The summed E-state index contributed by atoms with van der Waals surface area (Å²) in [5.41, 5.74) is 2.36. The van der Waals surface area contributed by atoms with Crippen LogP contribution in [0.2, 0.25) is 0 Å². The molecular formula is C17H12BrN5OS. The van der Waals surface area contributed by atoms with Crippen LogP contribution in [0.1, 0.15) is 0 Å². The van der Waals surface area contributed by atoms with E-state index in [4.69, 9.17) is 0 Å². The van der Waals surface area contributed by atoms with Crippen molar-refractivity contribution in [2.45, 2.75) is 5.16 Å². The molecule has 0 radical (unpaired) electrons. The van der Waals surface area contributed by atoms with Crippen LogP contribution < -0.4 is 5.32 Å². The standard InChI is InChI=1S/C17H12BrN5OS/c18-11-5-7-12(8-6-11)20-15(24)9-25-17-21-16-13-3-1-2-4-14(13)19-10-23(16)22-17/h1-8,10H,9H2,(H,20,24). The van der Waals surface area contributed by atoms with E-state index in [0.29, 0.717) is 5.16 Å². The average molecular weight is 414 g/mol. The molecule has 0 spiro atoms. The number of para-hydroxylation sites is 1. The molecule has 4 aromatic rings. The summed E-state index contributed by atoms with van der Waals surface area (Å²) in [6, 6.07) is 15.2. The summed E-state index contributed by atoms with van der Waals surface area (Å²) >= 11 is 4.66. The van der Waals surface area contributed by atoms with E-state index in [2.05, 4.69) is 36.3 Å². The molecule has 2 aromatic heterocycles. The zero-order chi connectivity index (χ0) is 17.2. The van der Waals surface area contributed by atoms with Gasteiger partial charge in [-0.15, -0.1) is 5.10 Å². The number of nitrogens with zero attached hydrogens (tertiary/aromatic N) is 4. The number of carbonyl (C=O) groups is 1. The van der Waals surface area contributed by atoms with Crippen molar-refractivity contribution in [3.05, 3.63) is 59.3 Å². The maximum absolute atomic E-state index is 12.1. The Bertz CT molecular complexity index is 1060. The van der Waals surface area contributed by atoms with Crippen LogP contribution in [-0.2, 0) is 4.79 Å². The minimum Gasteiger partial charge on any atom is -0.325 e. The number of thioether (sulfide) groups is 1. The number of hydrogen-bond acceptors (Lipinski definition) is 5. The van der Waals surface area contributed by atoms with Crippen molar-refractivity contribution >= 4 is 55.8 Å². The second kappa shape index (κ2) is 6.81. The van der Waals surface area contributed by atoms with Gasteiger partial charge in [0.15, 0.2) is 5.65 Å². The van der Waals surface area contributed by atoms with E-state index in [1.807, 2.05) is 48.5 Å². The molecule has 0 saturated heterocycles. The molecule has 1 N–H and O–H groups in total. The fourth-order valence-electron chi connectivity index (χ4n) is 2.38. The van der Waals surface area contributed by atoms with Crippen molar-refractivity contribution in [3.8, 4) is 0 Å². The van der Waals surface area contributed by atoms with Gasteiger partial charge in [0.2, 0.25) is 11.1 Å². The number of anilines is 1. The number of rotatable bonds is 4. The molecule has 0 aliphatic heterocycles. The van der Waals surface area contributed by atoms with Crippen molar-refractivity contribution in [2.75, 3.05) is 11.1 Å². The summed E-state index contributed by atoms with van der Waals surface area (Å²) in [4.78, 5) is 20.9. The minimum absolute atomic E-state index is 0.103. The van der Waals surface area contributed by atoms with Crippen LogP contribution in [0.25, 0.3) is 16.6 Å². The molecule has 0 fully saturated rings. The van der Waals surface area contributed by atoms with E-state index in [1.54, 1.807) is 10.8 Å². The molecule has 124 valence electrons. The van der Waals surface area contributed by atoms with Gasteiger partial charge in [-0.1, -0.05) is 39.8 Å². The average Bonchev–Trinajstić information content (AvgIpc) is 3.06. The molecule has 0 unspecified atom stereocenters. The Morgan fingerprint density at radius 1 is 1.16 bits per heavy atom. The number of amides is 1. The summed E-state index contributed by atoms with van der Waals surface area (Å²) in [6.45, 7) is 0. The van der Waals surface area contributed by atoms with Gasteiger partial charge >= 0.3 is 0 Å². The van der Waals surface area contributed by atoms with Crippen molar-refractivity contribution in [2.24, 2.45) is 0 Å². The maximum Gasteiger partial charge on any atom is 0.234 e. The van der Waals surface area contributed by atoms with Gasteiger partial charge in [-0.3, -0.25) is 4.79 Å². The Balaban J connectivity index is 1.48. The lowest BCUT2D eigenvalue weighted by Crippen LogP contribution is -2.13. The largest absolute Gasteiger partial charge is 0.325 e. The zero-order valence-corrected chi connectivity index (χ0v) is 15.3. The van der Waals surface area contributed by atoms with Crippen molar-refractivity contribution in [1.29, 1.82) is 0 Å². The van der Waals surface area contributed by atoms with Crippen LogP contribution in [0.4, 0.5) is 5.69 Å². The SMILES string of the molecule is O=C(CSc1nc2c3ccccc3ncn2n1)Nc1ccc(Br)cc1. The van der Waals surface area contributed by atoms with Gasteiger partial charge in [0.1, 0.15) is 6.33 Å². The Morgan fingerprint density at radius 2 is 1.96 bits per heavy atom. The van der Waals surface area contributed by atoms with Crippen LogP contribution in [0.5, 0.6) is 0 Å². The highest BCUT2D eigenvalue weighted by Gasteiger charge is 2.10. The number of halogens is 1. The predicted molar refractivity (Wildman–Crippen MR) is 102 cm³/mol. The highest BCUT2D eigenvalue weighted by atomic mass is 79.9. The third-order valence-corrected chi connectivity index (χ3v) is 4.89. The molecule has 0 aliphatic rings. The van der Waals surface area contributed by atoms with Crippen molar-refractivity contribution in [1.82, 2.24) is 19.6 Å². The zero-order valence-electron chi connectivity index (χ0n) is 12.9. The summed E-state index contributed by atoms with van der Waals surface area (Å²) in [6.07, 6.45) is 1.64. The summed E-state index contributed by atoms with van der Waals surface area (Å²) < 4.78 is 2.60.